The Labute approximate surface area is 194 Å². The lowest BCUT2D eigenvalue weighted by Gasteiger charge is -2.21. The number of hydrogen-bond acceptors (Lipinski definition) is 7. The van der Waals surface area contributed by atoms with Gasteiger partial charge < -0.3 is 21.5 Å². The number of nitrogens with one attached hydrogen (secondary N) is 2. The number of aliphatic hydroxyl groups excluding tert-OH is 1. The van der Waals surface area contributed by atoms with Gasteiger partial charge in [0.25, 0.3) is 0 Å². The molecule has 0 aliphatic rings. The molecule has 3 rings (SSSR count). The number of benzene rings is 1. The molecule has 9 nitrogen and oxygen atoms in total. The Bertz CT molecular complexity index is 1120. The van der Waals surface area contributed by atoms with Crippen LogP contribution in [0.3, 0.4) is 0 Å². The number of nitrogens with zero attached hydrogens (tertiary/aromatic N) is 4. The maximum Gasteiger partial charge on any atom is 0.225 e. The molecule has 0 radical (unpaired) electrons. The van der Waals surface area contributed by atoms with Crippen molar-refractivity contribution in [1.29, 1.82) is 0 Å². The first-order chi connectivity index (χ1) is 15.7. The first kappa shape index (κ1) is 24.6. The van der Waals surface area contributed by atoms with Gasteiger partial charge in [0.2, 0.25) is 17.8 Å². The van der Waals surface area contributed by atoms with E-state index in [1.54, 1.807) is 11.5 Å². The fourth-order valence-corrected chi connectivity index (χ4v) is 3.67. The van der Waals surface area contributed by atoms with Crippen molar-refractivity contribution in [2.45, 2.75) is 51.6 Å². The van der Waals surface area contributed by atoms with Crippen LogP contribution in [0.1, 0.15) is 45.6 Å². The molecule has 1 amide bonds. The summed E-state index contributed by atoms with van der Waals surface area (Å²) in [5.41, 5.74) is 5.73. The molecule has 0 saturated carbocycles. The number of carbonyl (C=O) groups excluding carboxylic acids is 1. The molecule has 0 aliphatic carbocycles. The number of imidazole rings is 1. The highest BCUT2D eigenvalue weighted by atomic mass is 35.5. The van der Waals surface area contributed by atoms with E-state index in [1.165, 1.54) is 6.20 Å². The Morgan fingerprint density at radius 1 is 1.27 bits per heavy atom. The van der Waals surface area contributed by atoms with E-state index < -0.39 is 23.2 Å². The third kappa shape index (κ3) is 5.85. The van der Waals surface area contributed by atoms with Gasteiger partial charge in [-0.25, -0.2) is 18.7 Å². The number of hydrogen-bond donors (Lipinski definition) is 4. The molecule has 0 bridgehead atoms. The van der Waals surface area contributed by atoms with Gasteiger partial charge in [-0.15, -0.1) is 0 Å². The van der Waals surface area contributed by atoms with Crippen LogP contribution in [0, 0.1) is 11.6 Å². The fraction of sp³-hybridized carbons (Fsp3) is 0.429. The zero-order valence-corrected chi connectivity index (χ0v) is 19.0. The van der Waals surface area contributed by atoms with Crippen LogP contribution in [0.4, 0.5) is 26.4 Å². The van der Waals surface area contributed by atoms with Crippen molar-refractivity contribution in [3.63, 3.8) is 0 Å². The average Bonchev–Trinajstić information content (AvgIpc) is 3.10. The predicted molar refractivity (Wildman–Crippen MR) is 123 cm³/mol. The summed E-state index contributed by atoms with van der Waals surface area (Å²) < 4.78 is 30.7. The molecule has 1 aromatic carbocycles. The Kier molecular flexibility index (Phi) is 7.98. The second kappa shape index (κ2) is 10.7. The van der Waals surface area contributed by atoms with Crippen molar-refractivity contribution in [3.8, 4) is 0 Å². The topological polar surface area (TPSA) is 131 Å². The van der Waals surface area contributed by atoms with E-state index in [1.807, 2.05) is 6.92 Å². The van der Waals surface area contributed by atoms with Gasteiger partial charge in [0.05, 0.1) is 12.8 Å². The first-order valence-corrected chi connectivity index (χ1v) is 10.9. The molecule has 2 atom stereocenters. The summed E-state index contributed by atoms with van der Waals surface area (Å²) in [5, 5.41) is 14.9. The molecule has 3 aromatic rings. The number of anilines is 3. The second-order valence-corrected chi connectivity index (χ2v) is 8.19. The molecular formula is C21H26ClF2N7O2. The van der Waals surface area contributed by atoms with Crippen LogP contribution in [0.2, 0.25) is 5.02 Å². The smallest absolute Gasteiger partial charge is 0.225 e. The zero-order valence-electron chi connectivity index (χ0n) is 18.3. The number of primary amides is 1. The molecule has 33 heavy (non-hydrogen) atoms. The number of halogens is 3. The van der Waals surface area contributed by atoms with Crippen molar-refractivity contribution in [2.75, 3.05) is 17.2 Å². The molecule has 12 heteroatoms. The van der Waals surface area contributed by atoms with Crippen molar-refractivity contribution < 1.29 is 18.7 Å². The van der Waals surface area contributed by atoms with Gasteiger partial charge in [0.15, 0.2) is 17.3 Å². The minimum atomic E-state index is -0.881. The van der Waals surface area contributed by atoms with Gasteiger partial charge in [0.1, 0.15) is 11.2 Å². The van der Waals surface area contributed by atoms with Crippen LogP contribution >= 0.6 is 11.6 Å². The highest BCUT2D eigenvalue weighted by Gasteiger charge is 2.23. The molecule has 2 aromatic heterocycles. The monoisotopic (exact) mass is 481 g/mol. The van der Waals surface area contributed by atoms with Crippen LogP contribution in [0.25, 0.3) is 11.2 Å². The van der Waals surface area contributed by atoms with E-state index >= 15 is 0 Å². The molecule has 2 heterocycles. The zero-order chi connectivity index (χ0) is 24.1. The minimum Gasteiger partial charge on any atom is -0.394 e. The molecule has 5 N–H and O–H groups in total. The average molecular weight is 482 g/mol. The third-order valence-electron chi connectivity index (χ3n) is 5.04. The molecule has 0 saturated heterocycles. The summed E-state index contributed by atoms with van der Waals surface area (Å²) >= 11 is 5.74. The highest BCUT2D eigenvalue weighted by molar-refractivity contribution is 6.30. The molecule has 0 unspecified atom stereocenters. The summed E-state index contributed by atoms with van der Waals surface area (Å²) in [7, 11) is 0. The van der Waals surface area contributed by atoms with Crippen LogP contribution in [0.5, 0.6) is 0 Å². The molecule has 0 spiro atoms. The Morgan fingerprint density at radius 3 is 2.58 bits per heavy atom. The Morgan fingerprint density at radius 2 is 1.97 bits per heavy atom. The molecular weight excluding hydrogens is 456 g/mol. The fourth-order valence-electron chi connectivity index (χ4n) is 3.48. The number of aromatic nitrogens is 4. The minimum absolute atomic E-state index is 0.0750. The number of carbonyl (C=O) groups is 1. The lowest BCUT2D eigenvalue weighted by molar-refractivity contribution is -0.118. The standard InChI is InChI=1S/C21H26ClF2N7O2/c1-3-4-13(5-6-17(25)33)31-19-16(9-26-20(30-19)27-11(2)10-32)28-21(31)29-18-14(23)7-12(22)8-15(18)24/h7-9,11,13,32H,3-6,10H2,1-2H3,(H2,25,33)(H,28,29)(H,26,27,30)/t11-,13-/m0/s1. The van der Waals surface area contributed by atoms with Gasteiger partial charge >= 0.3 is 0 Å². The summed E-state index contributed by atoms with van der Waals surface area (Å²) in [6, 6.07) is 1.41. The predicted octanol–water partition coefficient (Wildman–Crippen LogP) is 3.90. The maximum absolute atomic E-state index is 14.5. The quantitative estimate of drug-likeness (QED) is 0.326. The lowest BCUT2D eigenvalue weighted by atomic mass is 10.1. The van der Waals surface area contributed by atoms with E-state index in [-0.39, 0.29) is 42.0 Å². The summed E-state index contributed by atoms with van der Waals surface area (Å²) in [6.45, 7) is 3.61. The largest absolute Gasteiger partial charge is 0.394 e. The molecule has 0 fully saturated rings. The van der Waals surface area contributed by atoms with Crippen molar-refractivity contribution >= 4 is 46.3 Å². The van der Waals surface area contributed by atoms with Gasteiger partial charge in [-0.3, -0.25) is 9.36 Å². The first-order valence-electron chi connectivity index (χ1n) is 10.6. The van der Waals surface area contributed by atoms with Gasteiger partial charge in [-0.05, 0) is 31.9 Å². The Hall–Kier alpha value is -3.05. The van der Waals surface area contributed by atoms with Crippen LogP contribution < -0.4 is 16.4 Å². The lowest BCUT2D eigenvalue weighted by Crippen LogP contribution is -2.21. The van der Waals surface area contributed by atoms with Gasteiger partial charge in [-0.1, -0.05) is 24.9 Å². The van der Waals surface area contributed by atoms with E-state index in [0.717, 1.165) is 18.6 Å². The SMILES string of the molecule is CCC[C@@H](CCC(N)=O)n1c(Nc2c(F)cc(Cl)cc2F)nc2cnc(N[C@@H](C)CO)nc21. The Balaban J connectivity index is 2.14. The summed E-state index contributed by atoms with van der Waals surface area (Å²) in [4.78, 5) is 24.6. The number of fused-ring (bicyclic) bond motifs is 1. The highest BCUT2D eigenvalue weighted by Crippen LogP contribution is 2.33. The number of rotatable bonds is 11. The van der Waals surface area contributed by atoms with Crippen molar-refractivity contribution in [3.05, 3.63) is 35.0 Å². The number of amides is 1. The van der Waals surface area contributed by atoms with E-state index in [0.29, 0.717) is 24.0 Å². The second-order valence-electron chi connectivity index (χ2n) is 7.75. The van der Waals surface area contributed by atoms with E-state index in [4.69, 9.17) is 17.3 Å². The van der Waals surface area contributed by atoms with Crippen molar-refractivity contribution in [2.24, 2.45) is 5.73 Å². The normalized spacial score (nSPS) is 13.2. The van der Waals surface area contributed by atoms with Crippen LogP contribution in [0.15, 0.2) is 18.3 Å². The van der Waals surface area contributed by atoms with Crippen molar-refractivity contribution in [1.82, 2.24) is 19.5 Å². The van der Waals surface area contributed by atoms with E-state index in [2.05, 4.69) is 25.6 Å². The molecule has 178 valence electrons. The molecule has 0 aliphatic heterocycles. The number of nitrogens with two attached hydrogens (primary N) is 1. The van der Waals surface area contributed by atoms with Crippen LogP contribution in [-0.2, 0) is 4.79 Å². The third-order valence-corrected chi connectivity index (χ3v) is 5.26. The van der Waals surface area contributed by atoms with Gasteiger partial charge in [-0.2, -0.15) is 4.98 Å². The summed E-state index contributed by atoms with van der Waals surface area (Å²) in [5.74, 6) is -1.83. The van der Waals surface area contributed by atoms with Gasteiger partial charge in [0, 0.05) is 23.5 Å². The maximum atomic E-state index is 14.5. The van der Waals surface area contributed by atoms with Crippen LogP contribution in [-0.4, -0.2) is 43.2 Å². The van der Waals surface area contributed by atoms with E-state index in [9.17, 15) is 18.7 Å². The number of aliphatic hydroxyl groups is 1. The summed E-state index contributed by atoms with van der Waals surface area (Å²) in [6.07, 6.45) is 3.38.